The minimum atomic E-state index is -1.05. The van der Waals surface area contributed by atoms with Crippen molar-refractivity contribution in [1.82, 2.24) is 9.78 Å². The Morgan fingerprint density at radius 2 is 1.96 bits per heavy atom. The van der Waals surface area contributed by atoms with Crippen molar-refractivity contribution in [2.75, 3.05) is 16.3 Å². The van der Waals surface area contributed by atoms with Crippen LogP contribution in [0.15, 0.2) is 30.6 Å². The van der Waals surface area contributed by atoms with Crippen LogP contribution in [0, 0.1) is 0 Å². The molecule has 2 N–H and O–H groups in total. The minimum absolute atomic E-state index is 0.125. The van der Waals surface area contributed by atoms with Gasteiger partial charge in [0.15, 0.2) is 0 Å². The Balaban J connectivity index is 2.03. The van der Waals surface area contributed by atoms with E-state index in [1.54, 1.807) is 48.0 Å². The molecule has 144 valence electrons. The SMILES string of the molecule is CC(=O)N1c2ccc(-c3cnn(CC(C)(C)O)c3)cc2N(C(=O)O)CC1C. The predicted molar refractivity (Wildman–Crippen MR) is 102 cm³/mol. The van der Waals surface area contributed by atoms with Gasteiger partial charge in [0, 0.05) is 25.2 Å². The summed E-state index contributed by atoms with van der Waals surface area (Å²) in [6, 6.07) is 5.13. The van der Waals surface area contributed by atoms with Crippen LogP contribution in [-0.4, -0.2) is 50.2 Å². The monoisotopic (exact) mass is 372 g/mol. The Bertz CT molecular complexity index is 884. The maximum atomic E-state index is 12.1. The second-order valence-electron chi connectivity index (χ2n) is 7.57. The van der Waals surface area contributed by atoms with Crippen molar-refractivity contribution in [2.45, 2.75) is 45.9 Å². The number of benzene rings is 1. The lowest BCUT2D eigenvalue weighted by Crippen LogP contribution is -2.51. The molecule has 2 heterocycles. The van der Waals surface area contributed by atoms with Crippen molar-refractivity contribution in [3.63, 3.8) is 0 Å². The Labute approximate surface area is 157 Å². The summed E-state index contributed by atoms with van der Waals surface area (Å²) in [5.74, 6) is -0.125. The van der Waals surface area contributed by atoms with Gasteiger partial charge in [-0.3, -0.25) is 14.4 Å². The molecule has 27 heavy (non-hydrogen) atoms. The van der Waals surface area contributed by atoms with Gasteiger partial charge in [-0.05, 0) is 38.5 Å². The fourth-order valence-corrected chi connectivity index (χ4v) is 3.46. The summed E-state index contributed by atoms with van der Waals surface area (Å²) in [4.78, 5) is 26.7. The highest BCUT2D eigenvalue weighted by atomic mass is 16.4. The Morgan fingerprint density at radius 1 is 1.26 bits per heavy atom. The molecule has 1 aromatic heterocycles. The molecule has 0 saturated heterocycles. The third-order valence-corrected chi connectivity index (χ3v) is 4.50. The van der Waals surface area contributed by atoms with Crippen LogP contribution in [0.3, 0.4) is 0 Å². The Morgan fingerprint density at radius 3 is 2.56 bits per heavy atom. The lowest BCUT2D eigenvalue weighted by molar-refractivity contribution is -0.117. The van der Waals surface area contributed by atoms with Crippen molar-refractivity contribution < 1.29 is 19.8 Å². The average molecular weight is 372 g/mol. The molecule has 0 bridgehead atoms. The number of aliphatic hydroxyl groups is 1. The van der Waals surface area contributed by atoms with E-state index in [2.05, 4.69) is 5.10 Å². The minimum Gasteiger partial charge on any atom is -0.465 e. The first-order valence-corrected chi connectivity index (χ1v) is 8.76. The predicted octanol–water partition coefficient (Wildman–Crippen LogP) is 2.56. The van der Waals surface area contributed by atoms with Crippen molar-refractivity contribution in [3.8, 4) is 11.1 Å². The molecule has 1 aliphatic heterocycles. The first kappa shape index (κ1) is 18.9. The number of aromatic nitrogens is 2. The summed E-state index contributed by atoms with van der Waals surface area (Å²) in [5, 5.41) is 23.8. The zero-order valence-corrected chi connectivity index (χ0v) is 15.9. The molecule has 8 nitrogen and oxygen atoms in total. The smallest absolute Gasteiger partial charge is 0.411 e. The molecule has 0 saturated carbocycles. The first-order chi connectivity index (χ1) is 12.6. The molecule has 0 spiro atoms. The number of carbonyl (C=O) groups is 2. The van der Waals surface area contributed by atoms with E-state index in [0.29, 0.717) is 17.9 Å². The molecular formula is C19H24N4O4. The van der Waals surface area contributed by atoms with Gasteiger partial charge in [0.05, 0.1) is 35.8 Å². The Kier molecular flexibility index (Phi) is 4.69. The first-order valence-electron chi connectivity index (χ1n) is 8.76. The molecule has 0 radical (unpaired) electrons. The molecule has 1 aliphatic rings. The number of carbonyl (C=O) groups excluding carboxylic acids is 1. The van der Waals surface area contributed by atoms with Crippen molar-refractivity contribution in [1.29, 1.82) is 0 Å². The number of nitrogens with zero attached hydrogens (tertiary/aromatic N) is 4. The molecule has 2 aromatic rings. The summed E-state index contributed by atoms with van der Waals surface area (Å²) < 4.78 is 1.65. The van der Waals surface area contributed by atoms with Crippen molar-refractivity contribution >= 4 is 23.4 Å². The number of amides is 2. The van der Waals surface area contributed by atoms with Crippen LogP contribution in [0.2, 0.25) is 0 Å². The normalized spacial score (nSPS) is 17.0. The summed E-state index contributed by atoms with van der Waals surface area (Å²) in [6.07, 6.45) is 2.42. The zero-order chi connectivity index (χ0) is 19.9. The standard InChI is InChI=1S/C19H24N4O4/c1-12-9-22(18(25)26)17-7-14(5-6-16(17)23(12)13(2)24)15-8-20-21(10-15)11-19(3,4)27/h5-8,10,12,27H,9,11H2,1-4H3,(H,25,26). The van der Waals surface area contributed by atoms with Gasteiger partial charge in [-0.2, -0.15) is 5.10 Å². The van der Waals surface area contributed by atoms with E-state index in [-0.39, 0.29) is 18.5 Å². The maximum Gasteiger partial charge on any atom is 0.411 e. The highest BCUT2D eigenvalue weighted by molar-refractivity contribution is 6.02. The van der Waals surface area contributed by atoms with Gasteiger partial charge in [-0.15, -0.1) is 0 Å². The average Bonchev–Trinajstić information content (AvgIpc) is 2.99. The molecule has 3 rings (SSSR count). The number of anilines is 2. The van der Waals surface area contributed by atoms with Gasteiger partial charge in [0.25, 0.3) is 0 Å². The molecule has 1 atom stereocenters. The van der Waals surface area contributed by atoms with Gasteiger partial charge in [-0.25, -0.2) is 4.79 Å². The highest BCUT2D eigenvalue weighted by Gasteiger charge is 2.33. The van der Waals surface area contributed by atoms with Crippen LogP contribution in [0.4, 0.5) is 16.2 Å². The highest BCUT2D eigenvalue weighted by Crippen LogP contribution is 2.38. The van der Waals surface area contributed by atoms with Crippen LogP contribution >= 0.6 is 0 Å². The van der Waals surface area contributed by atoms with Gasteiger partial charge in [0.1, 0.15) is 0 Å². The fourth-order valence-electron chi connectivity index (χ4n) is 3.46. The van der Waals surface area contributed by atoms with E-state index in [1.165, 1.54) is 11.8 Å². The number of carboxylic acid groups (broad SMARTS) is 1. The van der Waals surface area contributed by atoms with E-state index in [0.717, 1.165) is 11.1 Å². The summed E-state index contributed by atoms with van der Waals surface area (Å²) in [7, 11) is 0. The maximum absolute atomic E-state index is 12.1. The molecule has 0 fully saturated rings. The summed E-state index contributed by atoms with van der Waals surface area (Å²) in [6.45, 7) is 7.27. The van der Waals surface area contributed by atoms with Gasteiger partial charge < -0.3 is 15.1 Å². The number of hydrogen-bond donors (Lipinski definition) is 2. The molecular weight excluding hydrogens is 348 g/mol. The van der Waals surface area contributed by atoms with Crippen LogP contribution in [-0.2, 0) is 11.3 Å². The zero-order valence-electron chi connectivity index (χ0n) is 15.9. The van der Waals surface area contributed by atoms with E-state index >= 15 is 0 Å². The van der Waals surface area contributed by atoms with E-state index in [4.69, 9.17) is 0 Å². The van der Waals surface area contributed by atoms with Crippen LogP contribution in [0.25, 0.3) is 11.1 Å². The molecule has 2 amide bonds. The summed E-state index contributed by atoms with van der Waals surface area (Å²) in [5.41, 5.74) is 1.76. The summed E-state index contributed by atoms with van der Waals surface area (Å²) >= 11 is 0. The number of rotatable bonds is 3. The molecule has 1 aromatic carbocycles. The molecule has 1 unspecified atom stereocenters. The third kappa shape index (κ3) is 3.80. The van der Waals surface area contributed by atoms with Crippen LogP contribution < -0.4 is 9.80 Å². The van der Waals surface area contributed by atoms with E-state index in [9.17, 15) is 19.8 Å². The van der Waals surface area contributed by atoms with Gasteiger partial charge in [0.2, 0.25) is 5.91 Å². The quantitative estimate of drug-likeness (QED) is 0.863. The molecule has 8 heteroatoms. The van der Waals surface area contributed by atoms with Crippen molar-refractivity contribution in [2.24, 2.45) is 0 Å². The number of hydrogen-bond acceptors (Lipinski definition) is 4. The fraction of sp³-hybridized carbons (Fsp3) is 0.421. The van der Waals surface area contributed by atoms with Gasteiger partial charge in [-0.1, -0.05) is 6.07 Å². The number of fused-ring (bicyclic) bond motifs is 1. The third-order valence-electron chi connectivity index (χ3n) is 4.50. The largest absolute Gasteiger partial charge is 0.465 e. The van der Waals surface area contributed by atoms with Crippen LogP contribution in [0.5, 0.6) is 0 Å². The second kappa shape index (κ2) is 6.70. The van der Waals surface area contributed by atoms with E-state index < -0.39 is 11.7 Å². The Hall–Kier alpha value is -2.87. The van der Waals surface area contributed by atoms with E-state index in [1.807, 2.05) is 13.0 Å². The lowest BCUT2D eigenvalue weighted by Gasteiger charge is -2.39. The second-order valence-corrected chi connectivity index (χ2v) is 7.57. The van der Waals surface area contributed by atoms with Crippen molar-refractivity contribution in [3.05, 3.63) is 30.6 Å². The van der Waals surface area contributed by atoms with Gasteiger partial charge >= 0.3 is 6.09 Å². The van der Waals surface area contributed by atoms with Crippen LogP contribution in [0.1, 0.15) is 27.7 Å². The molecule has 0 aliphatic carbocycles. The lowest BCUT2D eigenvalue weighted by atomic mass is 10.0. The topological polar surface area (TPSA) is 98.9 Å².